The SMILES string of the molecule is C=CC.O=C(O)c1ccon1. The van der Waals surface area contributed by atoms with E-state index in [2.05, 4.69) is 16.3 Å². The molecule has 0 atom stereocenters. The van der Waals surface area contributed by atoms with Gasteiger partial charge in [0, 0.05) is 6.07 Å². The summed E-state index contributed by atoms with van der Waals surface area (Å²) in [6.07, 6.45) is 2.96. The summed E-state index contributed by atoms with van der Waals surface area (Å²) < 4.78 is 4.24. The third-order valence-electron chi connectivity index (χ3n) is 0.657. The highest BCUT2D eigenvalue weighted by atomic mass is 16.5. The predicted molar refractivity (Wildman–Crippen MR) is 39.3 cm³/mol. The van der Waals surface area contributed by atoms with Crippen LogP contribution in [-0.2, 0) is 0 Å². The Labute approximate surface area is 64.1 Å². The van der Waals surface area contributed by atoms with Gasteiger partial charge in [0.1, 0.15) is 6.26 Å². The van der Waals surface area contributed by atoms with E-state index >= 15 is 0 Å². The predicted octanol–water partition coefficient (Wildman–Crippen LogP) is 1.57. The lowest BCUT2D eigenvalue weighted by atomic mass is 10.5. The zero-order valence-electron chi connectivity index (χ0n) is 6.15. The first-order chi connectivity index (χ1) is 5.22. The number of hydrogen-bond donors (Lipinski definition) is 1. The molecule has 0 unspecified atom stereocenters. The molecule has 1 aromatic rings. The van der Waals surface area contributed by atoms with Crippen molar-refractivity contribution in [1.29, 1.82) is 0 Å². The summed E-state index contributed by atoms with van der Waals surface area (Å²) in [5.41, 5.74) is -0.0648. The van der Waals surface area contributed by atoms with Crippen molar-refractivity contribution in [3.8, 4) is 0 Å². The highest BCUT2D eigenvalue weighted by Crippen LogP contribution is 1.91. The van der Waals surface area contributed by atoms with Gasteiger partial charge >= 0.3 is 5.97 Å². The van der Waals surface area contributed by atoms with Gasteiger partial charge in [0.15, 0.2) is 5.69 Å². The number of allylic oxidation sites excluding steroid dienone is 1. The number of carbonyl (C=O) groups is 1. The molecular weight excluding hydrogens is 146 g/mol. The van der Waals surface area contributed by atoms with E-state index in [0.29, 0.717) is 0 Å². The van der Waals surface area contributed by atoms with E-state index in [9.17, 15) is 4.79 Å². The molecule has 0 saturated carbocycles. The van der Waals surface area contributed by atoms with Gasteiger partial charge in [0.2, 0.25) is 0 Å². The van der Waals surface area contributed by atoms with Gasteiger partial charge in [-0.05, 0) is 6.92 Å². The van der Waals surface area contributed by atoms with Gasteiger partial charge in [-0.25, -0.2) is 4.79 Å². The van der Waals surface area contributed by atoms with Crippen LogP contribution in [0.5, 0.6) is 0 Å². The van der Waals surface area contributed by atoms with Crippen molar-refractivity contribution in [2.24, 2.45) is 0 Å². The topological polar surface area (TPSA) is 63.3 Å². The molecule has 0 saturated heterocycles. The fourth-order valence-corrected chi connectivity index (χ4v) is 0.323. The first-order valence-corrected chi connectivity index (χ1v) is 2.93. The first-order valence-electron chi connectivity index (χ1n) is 2.93. The van der Waals surface area contributed by atoms with Crippen molar-refractivity contribution < 1.29 is 14.4 Å². The Balaban J connectivity index is 0.000000292. The van der Waals surface area contributed by atoms with E-state index in [1.165, 1.54) is 12.3 Å². The Bertz CT molecular complexity index is 216. The monoisotopic (exact) mass is 155 g/mol. The van der Waals surface area contributed by atoms with Crippen LogP contribution in [0.15, 0.2) is 29.5 Å². The summed E-state index contributed by atoms with van der Waals surface area (Å²) in [5.74, 6) is -1.07. The first kappa shape index (κ1) is 9.42. The van der Waals surface area contributed by atoms with Gasteiger partial charge < -0.3 is 9.63 Å². The summed E-state index contributed by atoms with van der Waals surface area (Å²) in [7, 11) is 0. The molecule has 1 heterocycles. The van der Waals surface area contributed by atoms with Gasteiger partial charge in [-0.2, -0.15) is 0 Å². The molecule has 0 bridgehead atoms. The Morgan fingerprint density at radius 2 is 2.45 bits per heavy atom. The van der Waals surface area contributed by atoms with Crippen LogP contribution in [0.1, 0.15) is 17.4 Å². The summed E-state index contributed by atoms with van der Waals surface area (Å²) in [6, 6.07) is 1.28. The minimum atomic E-state index is -1.07. The van der Waals surface area contributed by atoms with Gasteiger partial charge in [-0.15, -0.1) is 6.58 Å². The zero-order chi connectivity index (χ0) is 8.69. The number of nitrogens with zero attached hydrogens (tertiary/aromatic N) is 1. The lowest BCUT2D eigenvalue weighted by molar-refractivity contribution is 0.0685. The Kier molecular flexibility index (Phi) is 4.47. The van der Waals surface area contributed by atoms with Crippen LogP contribution in [0, 0.1) is 0 Å². The molecule has 1 N–H and O–H groups in total. The van der Waals surface area contributed by atoms with Gasteiger partial charge in [0.25, 0.3) is 0 Å². The highest BCUT2D eigenvalue weighted by molar-refractivity contribution is 5.84. The molecule has 1 rings (SSSR count). The third-order valence-corrected chi connectivity index (χ3v) is 0.657. The second-order valence-electron chi connectivity index (χ2n) is 1.60. The average molecular weight is 155 g/mol. The van der Waals surface area contributed by atoms with E-state index in [1.54, 1.807) is 6.08 Å². The van der Waals surface area contributed by atoms with E-state index in [-0.39, 0.29) is 5.69 Å². The van der Waals surface area contributed by atoms with Gasteiger partial charge in [-0.1, -0.05) is 11.2 Å². The Morgan fingerprint density at radius 1 is 1.91 bits per heavy atom. The third kappa shape index (κ3) is 3.91. The van der Waals surface area contributed by atoms with Crippen molar-refractivity contribution in [3.63, 3.8) is 0 Å². The fourth-order valence-electron chi connectivity index (χ4n) is 0.323. The van der Waals surface area contributed by atoms with Crippen LogP contribution in [-0.4, -0.2) is 16.2 Å². The second-order valence-corrected chi connectivity index (χ2v) is 1.60. The van der Waals surface area contributed by atoms with Crippen molar-refractivity contribution in [1.82, 2.24) is 5.16 Å². The molecule has 0 fully saturated rings. The maximum atomic E-state index is 9.94. The summed E-state index contributed by atoms with van der Waals surface area (Å²) in [4.78, 5) is 9.94. The van der Waals surface area contributed by atoms with Crippen LogP contribution >= 0.6 is 0 Å². The number of carboxylic acid groups (broad SMARTS) is 1. The number of aromatic nitrogens is 1. The Hall–Kier alpha value is -1.58. The van der Waals surface area contributed by atoms with Crippen LogP contribution in [0.2, 0.25) is 0 Å². The molecule has 0 radical (unpaired) electrons. The van der Waals surface area contributed by atoms with Crippen molar-refractivity contribution in [2.75, 3.05) is 0 Å². The Morgan fingerprint density at radius 3 is 2.64 bits per heavy atom. The van der Waals surface area contributed by atoms with Crippen LogP contribution in [0.25, 0.3) is 0 Å². The second kappa shape index (κ2) is 5.22. The lowest BCUT2D eigenvalue weighted by Gasteiger charge is -1.75. The van der Waals surface area contributed by atoms with Crippen LogP contribution in [0.3, 0.4) is 0 Å². The van der Waals surface area contributed by atoms with E-state index in [1.807, 2.05) is 6.92 Å². The zero-order valence-corrected chi connectivity index (χ0v) is 6.15. The van der Waals surface area contributed by atoms with Crippen molar-refractivity contribution in [3.05, 3.63) is 30.7 Å². The molecule has 0 aliphatic heterocycles. The van der Waals surface area contributed by atoms with E-state index in [4.69, 9.17) is 5.11 Å². The molecule has 0 spiro atoms. The molecule has 0 amide bonds. The molecule has 0 aromatic carbocycles. The van der Waals surface area contributed by atoms with Gasteiger partial charge in [-0.3, -0.25) is 0 Å². The lowest BCUT2D eigenvalue weighted by Crippen LogP contribution is -1.94. The summed E-state index contributed by atoms with van der Waals surface area (Å²) in [5, 5.41) is 11.3. The molecule has 11 heavy (non-hydrogen) atoms. The largest absolute Gasteiger partial charge is 0.476 e. The smallest absolute Gasteiger partial charge is 0.358 e. The number of carboxylic acids is 1. The number of aromatic carboxylic acids is 1. The highest BCUT2D eigenvalue weighted by Gasteiger charge is 2.02. The summed E-state index contributed by atoms with van der Waals surface area (Å²) >= 11 is 0. The normalized spacial score (nSPS) is 7.73. The number of hydrogen-bond acceptors (Lipinski definition) is 3. The van der Waals surface area contributed by atoms with Gasteiger partial charge in [0.05, 0.1) is 0 Å². The molecule has 4 nitrogen and oxygen atoms in total. The average Bonchev–Trinajstić information content (AvgIpc) is 2.38. The van der Waals surface area contributed by atoms with Crippen molar-refractivity contribution in [2.45, 2.75) is 6.92 Å². The number of rotatable bonds is 1. The van der Waals surface area contributed by atoms with E-state index < -0.39 is 5.97 Å². The molecule has 4 heteroatoms. The molecule has 0 aliphatic carbocycles. The molecule has 60 valence electrons. The molecule has 0 aliphatic rings. The maximum absolute atomic E-state index is 9.94. The molecular formula is C7H9NO3. The quantitative estimate of drug-likeness (QED) is 0.625. The van der Waals surface area contributed by atoms with E-state index in [0.717, 1.165) is 0 Å². The summed E-state index contributed by atoms with van der Waals surface area (Å²) in [6.45, 7) is 5.25. The maximum Gasteiger partial charge on any atom is 0.358 e. The van der Waals surface area contributed by atoms with Crippen LogP contribution in [0.4, 0.5) is 0 Å². The standard InChI is InChI=1S/C4H3NO3.C3H6/c6-4(7)3-1-2-8-5-3;1-3-2/h1-2H,(H,6,7);3H,1H2,2H3. The fraction of sp³-hybridized carbons (Fsp3) is 0.143. The van der Waals surface area contributed by atoms with Crippen LogP contribution < -0.4 is 0 Å². The minimum Gasteiger partial charge on any atom is -0.476 e. The van der Waals surface area contributed by atoms with Crippen molar-refractivity contribution >= 4 is 5.97 Å². The molecule has 1 aromatic heterocycles. The minimum absolute atomic E-state index is 0.0648.